The van der Waals surface area contributed by atoms with Gasteiger partial charge in [0, 0.05) is 25.4 Å². The molecule has 3 nitrogen and oxygen atoms in total. The molecule has 0 amide bonds. The van der Waals surface area contributed by atoms with Crippen molar-refractivity contribution in [3.05, 3.63) is 29.8 Å². The summed E-state index contributed by atoms with van der Waals surface area (Å²) in [5, 5.41) is 9.22. The number of rotatable bonds is 3. The van der Waals surface area contributed by atoms with Gasteiger partial charge in [0.25, 0.3) is 0 Å². The minimum absolute atomic E-state index is 0.305. The highest BCUT2D eigenvalue weighted by atomic mass is 16.3. The fourth-order valence-corrected chi connectivity index (χ4v) is 2.38. The van der Waals surface area contributed by atoms with E-state index in [0.29, 0.717) is 17.6 Å². The van der Waals surface area contributed by atoms with Gasteiger partial charge in [0.15, 0.2) is 0 Å². The van der Waals surface area contributed by atoms with Crippen LogP contribution in [0.25, 0.3) is 0 Å². The van der Waals surface area contributed by atoms with Crippen molar-refractivity contribution in [3.63, 3.8) is 0 Å². The standard InChI is InChI=1S/C14H19NO2/c1-15(12-4-8-14(17)9-5-12)10-11-2-6-13(16)7-3-11/h2-3,6-7,12,16H,4-5,8-10H2,1H3. The molecule has 1 saturated carbocycles. The van der Waals surface area contributed by atoms with Crippen molar-refractivity contribution in [1.29, 1.82) is 0 Å². The summed E-state index contributed by atoms with van der Waals surface area (Å²) in [6.45, 7) is 0.874. The molecule has 92 valence electrons. The highest BCUT2D eigenvalue weighted by Crippen LogP contribution is 2.21. The zero-order valence-electron chi connectivity index (χ0n) is 10.2. The smallest absolute Gasteiger partial charge is 0.133 e. The summed E-state index contributed by atoms with van der Waals surface area (Å²) < 4.78 is 0. The number of hydrogen-bond acceptors (Lipinski definition) is 3. The van der Waals surface area contributed by atoms with Gasteiger partial charge in [-0.15, -0.1) is 0 Å². The van der Waals surface area contributed by atoms with E-state index in [4.69, 9.17) is 0 Å². The predicted molar refractivity (Wildman–Crippen MR) is 66.8 cm³/mol. The molecule has 1 aliphatic rings. The monoisotopic (exact) mass is 233 g/mol. The van der Waals surface area contributed by atoms with Crippen LogP contribution in [-0.2, 0) is 11.3 Å². The molecule has 0 saturated heterocycles. The molecule has 1 aliphatic carbocycles. The third-order valence-electron chi connectivity index (χ3n) is 3.50. The Bertz CT molecular complexity index is 376. The Hall–Kier alpha value is -1.35. The predicted octanol–water partition coefficient (Wildman–Crippen LogP) is 2.34. The maximum absolute atomic E-state index is 11.2. The highest BCUT2D eigenvalue weighted by molar-refractivity contribution is 5.79. The number of benzene rings is 1. The summed E-state index contributed by atoms with van der Waals surface area (Å²) in [5.41, 5.74) is 1.20. The fraction of sp³-hybridized carbons (Fsp3) is 0.500. The van der Waals surface area contributed by atoms with Crippen LogP contribution in [0, 0.1) is 0 Å². The fourth-order valence-electron chi connectivity index (χ4n) is 2.38. The van der Waals surface area contributed by atoms with Crippen molar-refractivity contribution in [2.75, 3.05) is 7.05 Å². The maximum atomic E-state index is 11.2. The molecule has 0 bridgehead atoms. The zero-order valence-corrected chi connectivity index (χ0v) is 10.2. The lowest BCUT2D eigenvalue weighted by Crippen LogP contribution is -2.34. The summed E-state index contributed by atoms with van der Waals surface area (Å²) in [7, 11) is 2.10. The minimum Gasteiger partial charge on any atom is -0.508 e. The van der Waals surface area contributed by atoms with Crippen LogP contribution in [0.3, 0.4) is 0 Å². The molecule has 0 aliphatic heterocycles. The average Bonchev–Trinajstić information content (AvgIpc) is 2.33. The van der Waals surface area contributed by atoms with Gasteiger partial charge < -0.3 is 5.11 Å². The number of carbonyl (C=O) groups excluding carboxylic acids is 1. The van der Waals surface area contributed by atoms with Gasteiger partial charge in [0.1, 0.15) is 11.5 Å². The van der Waals surface area contributed by atoms with Gasteiger partial charge in [-0.1, -0.05) is 12.1 Å². The van der Waals surface area contributed by atoms with Crippen molar-refractivity contribution < 1.29 is 9.90 Å². The first-order valence-corrected chi connectivity index (χ1v) is 6.15. The van der Waals surface area contributed by atoms with Crippen molar-refractivity contribution in [2.45, 2.75) is 38.3 Å². The normalized spacial score (nSPS) is 17.6. The van der Waals surface area contributed by atoms with Crippen molar-refractivity contribution in [1.82, 2.24) is 4.90 Å². The van der Waals surface area contributed by atoms with E-state index in [1.54, 1.807) is 12.1 Å². The van der Waals surface area contributed by atoms with E-state index in [2.05, 4.69) is 11.9 Å². The first kappa shape index (κ1) is 12.1. The van der Waals surface area contributed by atoms with Gasteiger partial charge in [-0.05, 0) is 37.6 Å². The lowest BCUT2D eigenvalue weighted by atomic mass is 9.93. The molecule has 0 unspecified atom stereocenters. The number of ketones is 1. The second-order valence-corrected chi connectivity index (χ2v) is 4.85. The van der Waals surface area contributed by atoms with Crippen LogP contribution in [-0.4, -0.2) is 28.9 Å². The van der Waals surface area contributed by atoms with Gasteiger partial charge in [0.2, 0.25) is 0 Å². The Balaban J connectivity index is 1.90. The number of nitrogens with zero attached hydrogens (tertiary/aromatic N) is 1. The molecule has 1 aromatic carbocycles. The number of carbonyl (C=O) groups is 1. The van der Waals surface area contributed by atoms with E-state index in [0.717, 1.165) is 32.2 Å². The summed E-state index contributed by atoms with van der Waals surface area (Å²) in [4.78, 5) is 13.5. The Morgan fingerprint density at radius 3 is 2.41 bits per heavy atom. The third kappa shape index (κ3) is 3.30. The van der Waals surface area contributed by atoms with Gasteiger partial charge in [-0.25, -0.2) is 0 Å². The quantitative estimate of drug-likeness (QED) is 0.871. The van der Waals surface area contributed by atoms with Crippen molar-refractivity contribution >= 4 is 5.78 Å². The van der Waals surface area contributed by atoms with Gasteiger partial charge in [0.05, 0.1) is 0 Å². The molecular formula is C14H19NO2. The maximum Gasteiger partial charge on any atom is 0.133 e. The molecule has 1 N–H and O–H groups in total. The van der Waals surface area contributed by atoms with E-state index in [1.165, 1.54) is 5.56 Å². The molecule has 0 aromatic heterocycles. The van der Waals surface area contributed by atoms with E-state index in [-0.39, 0.29) is 0 Å². The average molecular weight is 233 g/mol. The van der Waals surface area contributed by atoms with Gasteiger partial charge in [-0.3, -0.25) is 9.69 Å². The molecule has 0 atom stereocenters. The topological polar surface area (TPSA) is 40.5 Å². The molecule has 0 heterocycles. The summed E-state index contributed by atoms with van der Waals surface area (Å²) in [5.74, 6) is 0.707. The van der Waals surface area contributed by atoms with E-state index >= 15 is 0 Å². The van der Waals surface area contributed by atoms with Crippen LogP contribution in [0.5, 0.6) is 5.75 Å². The number of hydrogen-bond donors (Lipinski definition) is 1. The second kappa shape index (κ2) is 5.32. The Morgan fingerprint density at radius 1 is 1.24 bits per heavy atom. The number of phenolic OH excluding ortho intramolecular Hbond substituents is 1. The molecule has 0 radical (unpaired) electrons. The lowest BCUT2D eigenvalue weighted by molar-refractivity contribution is -0.121. The van der Waals surface area contributed by atoms with Crippen LogP contribution in [0.4, 0.5) is 0 Å². The Morgan fingerprint density at radius 2 is 1.82 bits per heavy atom. The lowest BCUT2D eigenvalue weighted by Gasteiger charge is -2.30. The highest BCUT2D eigenvalue weighted by Gasteiger charge is 2.21. The summed E-state index contributed by atoms with van der Waals surface area (Å²) in [6, 6.07) is 7.84. The van der Waals surface area contributed by atoms with E-state index < -0.39 is 0 Å². The SMILES string of the molecule is CN(Cc1ccc(O)cc1)C1CCC(=O)CC1. The molecule has 0 spiro atoms. The van der Waals surface area contributed by atoms with Gasteiger partial charge >= 0.3 is 0 Å². The molecule has 3 heteroatoms. The molecular weight excluding hydrogens is 214 g/mol. The van der Waals surface area contributed by atoms with Crippen molar-refractivity contribution in [3.8, 4) is 5.75 Å². The molecule has 17 heavy (non-hydrogen) atoms. The first-order chi connectivity index (χ1) is 8.15. The van der Waals surface area contributed by atoms with Crippen LogP contribution in [0.2, 0.25) is 0 Å². The summed E-state index contributed by atoms with van der Waals surface area (Å²) >= 11 is 0. The largest absolute Gasteiger partial charge is 0.508 e. The minimum atomic E-state index is 0.305. The number of phenols is 1. The Kier molecular flexibility index (Phi) is 3.79. The number of Topliss-reactive ketones (excluding diaryl/α,β-unsaturated/α-hetero) is 1. The second-order valence-electron chi connectivity index (χ2n) is 4.85. The van der Waals surface area contributed by atoms with Crippen LogP contribution in [0.1, 0.15) is 31.2 Å². The molecule has 2 rings (SSSR count). The first-order valence-electron chi connectivity index (χ1n) is 6.15. The molecule has 1 aromatic rings. The number of aromatic hydroxyl groups is 1. The van der Waals surface area contributed by atoms with Crippen LogP contribution < -0.4 is 0 Å². The zero-order chi connectivity index (χ0) is 12.3. The van der Waals surface area contributed by atoms with Gasteiger partial charge in [-0.2, -0.15) is 0 Å². The van der Waals surface area contributed by atoms with Crippen LogP contribution >= 0.6 is 0 Å². The van der Waals surface area contributed by atoms with E-state index in [1.807, 2.05) is 12.1 Å². The van der Waals surface area contributed by atoms with E-state index in [9.17, 15) is 9.90 Å². The van der Waals surface area contributed by atoms with Crippen molar-refractivity contribution in [2.24, 2.45) is 0 Å². The third-order valence-corrected chi connectivity index (χ3v) is 3.50. The molecule has 1 fully saturated rings. The summed E-state index contributed by atoms with van der Waals surface area (Å²) in [6.07, 6.45) is 3.41. The van der Waals surface area contributed by atoms with Crippen LogP contribution in [0.15, 0.2) is 24.3 Å². The Labute approximate surface area is 102 Å².